The van der Waals surface area contributed by atoms with Crippen LogP contribution in [-0.2, 0) is 4.74 Å². The van der Waals surface area contributed by atoms with Crippen molar-refractivity contribution >= 4 is 0 Å². The molecule has 1 heterocycles. The summed E-state index contributed by atoms with van der Waals surface area (Å²) in [6.07, 6.45) is 1.44. The number of morpholine rings is 1. The van der Waals surface area contributed by atoms with Crippen molar-refractivity contribution in [3.05, 3.63) is 0 Å². The van der Waals surface area contributed by atoms with Crippen LogP contribution in [0, 0.1) is 0 Å². The number of rotatable bonds is 3. The van der Waals surface area contributed by atoms with Gasteiger partial charge in [0.15, 0.2) is 0 Å². The van der Waals surface area contributed by atoms with Crippen molar-refractivity contribution in [1.29, 1.82) is 0 Å². The van der Waals surface area contributed by atoms with Crippen LogP contribution in [0.1, 0.15) is 27.2 Å². The van der Waals surface area contributed by atoms with Crippen molar-refractivity contribution in [3.8, 4) is 0 Å². The van der Waals surface area contributed by atoms with Crippen LogP contribution >= 0.6 is 0 Å². The van der Waals surface area contributed by atoms with Gasteiger partial charge in [0.05, 0.1) is 12.7 Å². The van der Waals surface area contributed by atoms with Crippen molar-refractivity contribution in [2.24, 2.45) is 5.73 Å². The molecular formula is C10H22N2O. The molecule has 2 N–H and O–H groups in total. The van der Waals surface area contributed by atoms with E-state index in [1.807, 2.05) is 0 Å². The molecule has 0 saturated carbocycles. The number of ether oxygens (including phenoxy) is 1. The molecule has 3 heteroatoms. The second kappa shape index (κ2) is 4.40. The zero-order chi connectivity index (χ0) is 9.90. The minimum absolute atomic E-state index is 0.0401. The first-order valence-electron chi connectivity index (χ1n) is 5.10. The molecule has 3 nitrogen and oxygen atoms in total. The summed E-state index contributed by atoms with van der Waals surface area (Å²) in [7, 11) is 0. The van der Waals surface area contributed by atoms with Crippen LogP contribution in [-0.4, -0.2) is 42.8 Å². The standard InChI is InChI=1S/C10H22N2O/c1-9-8-12(6-7-13-9)5-4-10(2,3)11/h9H,4-8,11H2,1-3H3. The highest BCUT2D eigenvalue weighted by molar-refractivity contribution is 4.76. The van der Waals surface area contributed by atoms with Gasteiger partial charge in [-0.25, -0.2) is 0 Å². The number of hydrogen-bond donors (Lipinski definition) is 1. The molecule has 78 valence electrons. The fourth-order valence-corrected chi connectivity index (χ4v) is 1.54. The quantitative estimate of drug-likeness (QED) is 0.709. The third-order valence-corrected chi connectivity index (χ3v) is 2.40. The van der Waals surface area contributed by atoms with E-state index in [0.29, 0.717) is 6.10 Å². The van der Waals surface area contributed by atoms with Crippen molar-refractivity contribution < 1.29 is 4.74 Å². The Kier molecular flexibility index (Phi) is 3.71. The van der Waals surface area contributed by atoms with Crippen LogP contribution in [0.3, 0.4) is 0 Å². The predicted octanol–water partition coefficient (Wildman–Crippen LogP) is 0.835. The van der Waals surface area contributed by atoms with Crippen LogP contribution in [0.25, 0.3) is 0 Å². The highest BCUT2D eigenvalue weighted by atomic mass is 16.5. The molecule has 0 spiro atoms. The summed E-state index contributed by atoms with van der Waals surface area (Å²) in [6, 6.07) is 0. The van der Waals surface area contributed by atoms with Gasteiger partial charge in [0.1, 0.15) is 0 Å². The normalized spacial score (nSPS) is 26.3. The van der Waals surface area contributed by atoms with Gasteiger partial charge >= 0.3 is 0 Å². The van der Waals surface area contributed by atoms with Crippen LogP contribution in [0.15, 0.2) is 0 Å². The topological polar surface area (TPSA) is 38.5 Å². The van der Waals surface area contributed by atoms with Gasteiger partial charge in [0.25, 0.3) is 0 Å². The molecule has 0 aromatic heterocycles. The molecule has 13 heavy (non-hydrogen) atoms. The second-order valence-corrected chi connectivity index (χ2v) is 4.72. The van der Waals surface area contributed by atoms with Crippen molar-refractivity contribution in [3.63, 3.8) is 0 Å². The van der Waals surface area contributed by atoms with Gasteiger partial charge in [0, 0.05) is 25.2 Å². The third-order valence-electron chi connectivity index (χ3n) is 2.40. The molecule has 1 atom stereocenters. The smallest absolute Gasteiger partial charge is 0.0674 e. The van der Waals surface area contributed by atoms with Crippen molar-refractivity contribution in [2.45, 2.75) is 38.8 Å². The Hall–Kier alpha value is -0.120. The van der Waals surface area contributed by atoms with Gasteiger partial charge in [0.2, 0.25) is 0 Å². The fourth-order valence-electron chi connectivity index (χ4n) is 1.54. The summed E-state index contributed by atoms with van der Waals surface area (Å²) >= 11 is 0. The molecule has 1 aliphatic heterocycles. The van der Waals surface area contributed by atoms with E-state index in [1.54, 1.807) is 0 Å². The molecule has 0 aliphatic carbocycles. The van der Waals surface area contributed by atoms with Gasteiger partial charge in [-0.15, -0.1) is 0 Å². The lowest BCUT2D eigenvalue weighted by atomic mass is 10.0. The molecule has 0 amide bonds. The predicted molar refractivity (Wildman–Crippen MR) is 54.7 cm³/mol. The van der Waals surface area contributed by atoms with E-state index in [2.05, 4.69) is 25.7 Å². The Morgan fingerprint density at radius 3 is 2.77 bits per heavy atom. The maximum Gasteiger partial charge on any atom is 0.0674 e. The lowest BCUT2D eigenvalue weighted by molar-refractivity contribution is -0.0198. The third kappa shape index (κ3) is 4.60. The van der Waals surface area contributed by atoms with E-state index >= 15 is 0 Å². The Labute approximate surface area is 81.2 Å². The van der Waals surface area contributed by atoms with Crippen molar-refractivity contribution in [1.82, 2.24) is 4.90 Å². The van der Waals surface area contributed by atoms with Gasteiger partial charge in [-0.1, -0.05) is 0 Å². The molecule has 1 aliphatic rings. The summed E-state index contributed by atoms with van der Waals surface area (Å²) in [4.78, 5) is 2.43. The van der Waals surface area contributed by atoms with E-state index in [9.17, 15) is 0 Å². The Balaban J connectivity index is 2.21. The number of nitrogens with zero attached hydrogens (tertiary/aromatic N) is 1. The minimum Gasteiger partial charge on any atom is -0.376 e. The van der Waals surface area contributed by atoms with Crippen LogP contribution < -0.4 is 5.73 Å². The van der Waals surface area contributed by atoms with E-state index in [4.69, 9.17) is 10.5 Å². The Bertz CT molecular complexity index is 153. The molecule has 0 bridgehead atoms. The second-order valence-electron chi connectivity index (χ2n) is 4.72. The zero-order valence-corrected chi connectivity index (χ0v) is 9.05. The maximum absolute atomic E-state index is 5.93. The molecule has 0 aromatic carbocycles. The fraction of sp³-hybridized carbons (Fsp3) is 1.00. The van der Waals surface area contributed by atoms with E-state index in [1.165, 1.54) is 0 Å². The van der Waals surface area contributed by atoms with Crippen LogP contribution in [0.5, 0.6) is 0 Å². The van der Waals surface area contributed by atoms with Gasteiger partial charge < -0.3 is 10.5 Å². The molecular weight excluding hydrogens is 164 g/mol. The first kappa shape index (κ1) is 11.0. The minimum atomic E-state index is -0.0401. The molecule has 1 rings (SSSR count). The summed E-state index contributed by atoms with van der Waals surface area (Å²) in [6.45, 7) is 10.4. The number of nitrogens with two attached hydrogens (primary N) is 1. The SMILES string of the molecule is CC1CN(CCC(C)(C)N)CCO1. The summed E-state index contributed by atoms with van der Waals surface area (Å²) in [5, 5.41) is 0. The van der Waals surface area contributed by atoms with Gasteiger partial charge in [-0.2, -0.15) is 0 Å². The van der Waals surface area contributed by atoms with E-state index in [0.717, 1.165) is 32.7 Å². The monoisotopic (exact) mass is 186 g/mol. The lowest BCUT2D eigenvalue weighted by Gasteiger charge is -2.32. The Morgan fingerprint density at radius 2 is 2.23 bits per heavy atom. The lowest BCUT2D eigenvalue weighted by Crippen LogP contribution is -2.44. The molecule has 0 radical (unpaired) electrons. The van der Waals surface area contributed by atoms with Crippen LogP contribution in [0.4, 0.5) is 0 Å². The zero-order valence-electron chi connectivity index (χ0n) is 9.05. The van der Waals surface area contributed by atoms with E-state index < -0.39 is 0 Å². The largest absolute Gasteiger partial charge is 0.376 e. The average molecular weight is 186 g/mol. The maximum atomic E-state index is 5.93. The van der Waals surface area contributed by atoms with Gasteiger partial charge in [-0.05, 0) is 27.2 Å². The van der Waals surface area contributed by atoms with Crippen molar-refractivity contribution in [2.75, 3.05) is 26.2 Å². The first-order valence-corrected chi connectivity index (χ1v) is 5.10. The average Bonchev–Trinajstić information content (AvgIpc) is 2.00. The number of hydrogen-bond acceptors (Lipinski definition) is 3. The van der Waals surface area contributed by atoms with Crippen LogP contribution in [0.2, 0.25) is 0 Å². The highest BCUT2D eigenvalue weighted by Crippen LogP contribution is 2.09. The highest BCUT2D eigenvalue weighted by Gasteiger charge is 2.18. The molecule has 1 unspecified atom stereocenters. The summed E-state index contributed by atoms with van der Waals surface area (Å²) < 4.78 is 5.47. The molecule has 1 fully saturated rings. The first-order chi connectivity index (χ1) is 5.97. The summed E-state index contributed by atoms with van der Waals surface area (Å²) in [5.41, 5.74) is 5.89. The Morgan fingerprint density at radius 1 is 1.54 bits per heavy atom. The van der Waals surface area contributed by atoms with Gasteiger partial charge in [-0.3, -0.25) is 4.90 Å². The summed E-state index contributed by atoms with van der Waals surface area (Å²) in [5.74, 6) is 0. The van der Waals surface area contributed by atoms with E-state index in [-0.39, 0.29) is 5.54 Å². The molecule has 1 saturated heterocycles. The molecule has 0 aromatic rings.